The molecule has 1 aliphatic heterocycles. The normalized spacial score (nSPS) is 22.7. The number of benzene rings is 3. The summed E-state index contributed by atoms with van der Waals surface area (Å²) in [4.78, 5) is 29.2. The molecule has 1 heterocycles. The highest BCUT2D eigenvalue weighted by Gasteiger charge is 2.59. The van der Waals surface area contributed by atoms with Crippen molar-refractivity contribution in [2.24, 2.45) is 0 Å². The average Bonchev–Trinajstić information content (AvgIpc) is 3.17. The number of carbonyl (C=O) groups excluding carboxylic acids is 2. The molecule has 1 aliphatic carbocycles. The second-order valence-electron chi connectivity index (χ2n) is 9.90. The van der Waals surface area contributed by atoms with E-state index in [0.717, 1.165) is 35.2 Å². The van der Waals surface area contributed by atoms with Crippen LogP contribution in [0.3, 0.4) is 0 Å². The molecule has 0 bridgehead atoms. The topological polar surface area (TPSA) is 67.9 Å². The molecule has 6 nitrogen and oxygen atoms in total. The number of hydrogen-bond acceptors (Lipinski definition) is 4. The first-order chi connectivity index (χ1) is 18.1. The number of aryl methyl sites for hydroxylation is 1. The summed E-state index contributed by atoms with van der Waals surface area (Å²) in [6, 6.07) is 27.4. The summed E-state index contributed by atoms with van der Waals surface area (Å²) in [6.07, 6.45) is 2.95. The Bertz CT molecular complexity index is 1220. The SMILES string of the molecule is COCN1C(=O)[C@@]2(CCC[C@@H](OCc3ccccc3)[C@@H]2NC(=O)CCc2ccccc2)c2ccccc21. The van der Waals surface area contributed by atoms with Crippen LogP contribution >= 0.6 is 0 Å². The summed E-state index contributed by atoms with van der Waals surface area (Å²) in [5.41, 5.74) is 3.08. The zero-order valence-corrected chi connectivity index (χ0v) is 21.3. The maximum Gasteiger partial charge on any atom is 0.241 e. The van der Waals surface area contributed by atoms with E-state index in [2.05, 4.69) is 5.32 Å². The zero-order valence-electron chi connectivity index (χ0n) is 21.3. The molecule has 1 fully saturated rings. The lowest BCUT2D eigenvalue weighted by molar-refractivity contribution is -0.133. The van der Waals surface area contributed by atoms with E-state index in [1.807, 2.05) is 84.9 Å². The van der Waals surface area contributed by atoms with E-state index in [-0.39, 0.29) is 24.6 Å². The number of nitrogens with zero attached hydrogens (tertiary/aromatic N) is 1. The predicted octanol–water partition coefficient (Wildman–Crippen LogP) is 4.76. The molecule has 1 N–H and O–H groups in total. The van der Waals surface area contributed by atoms with Crippen molar-refractivity contribution in [1.29, 1.82) is 0 Å². The molecule has 0 radical (unpaired) electrons. The lowest BCUT2D eigenvalue weighted by atomic mass is 9.65. The van der Waals surface area contributed by atoms with Crippen LogP contribution in [0.25, 0.3) is 0 Å². The smallest absolute Gasteiger partial charge is 0.241 e. The number of amides is 2. The van der Waals surface area contributed by atoms with Gasteiger partial charge in [-0.25, -0.2) is 0 Å². The second kappa shape index (κ2) is 11.3. The van der Waals surface area contributed by atoms with E-state index in [1.165, 1.54) is 0 Å². The standard InChI is InChI=1S/C31H34N2O4/c1-36-22-33-26-16-9-8-15-25(26)31(30(33)35)20-10-17-27(37-21-24-13-6-3-7-14-24)29(31)32-28(34)19-18-23-11-4-2-5-12-23/h2-9,11-16,27,29H,10,17-22H2,1H3,(H,32,34)/t27-,29+,31+/m1/s1. The molecular weight excluding hydrogens is 464 g/mol. The summed E-state index contributed by atoms with van der Waals surface area (Å²) in [5, 5.41) is 3.29. The Morgan fingerprint density at radius 2 is 1.65 bits per heavy atom. The summed E-state index contributed by atoms with van der Waals surface area (Å²) in [7, 11) is 1.59. The fourth-order valence-electron chi connectivity index (χ4n) is 5.89. The van der Waals surface area contributed by atoms with Crippen LogP contribution in [0.15, 0.2) is 84.9 Å². The number of carbonyl (C=O) groups is 2. The Morgan fingerprint density at radius 3 is 2.38 bits per heavy atom. The van der Waals surface area contributed by atoms with Gasteiger partial charge in [-0.05, 0) is 48.4 Å². The van der Waals surface area contributed by atoms with Gasteiger partial charge in [0.2, 0.25) is 11.8 Å². The number of fused-ring (bicyclic) bond motifs is 2. The van der Waals surface area contributed by atoms with Crippen LogP contribution in [0.1, 0.15) is 42.4 Å². The number of ether oxygens (including phenoxy) is 2. The highest BCUT2D eigenvalue weighted by atomic mass is 16.5. The minimum absolute atomic E-state index is 0.0306. The molecule has 3 atom stereocenters. The molecule has 0 saturated heterocycles. The van der Waals surface area contributed by atoms with Gasteiger partial charge in [0.15, 0.2) is 0 Å². The molecule has 1 spiro atoms. The first-order valence-electron chi connectivity index (χ1n) is 13.0. The Hall–Kier alpha value is -3.48. The maximum absolute atomic E-state index is 14.2. The summed E-state index contributed by atoms with van der Waals surface area (Å²) < 4.78 is 11.9. The summed E-state index contributed by atoms with van der Waals surface area (Å²) in [6.45, 7) is 0.595. The van der Waals surface area contributed by atoms with Crippen LogP contribution in [-0.4, -0.2) is 37.8 Å². The lowest BCUT2D eigenvalue weighted by Gasteiger charge is -2.45. The highest BCUT2D eigenvalue weighted by Crippen LogP contribution is 2.50. The van der Waals surface area contributed by atoms with E-state index in [0.29, 0.717) is 25.9 Å². The zero-order chi connectivity index (χ0) is 25.7. The molecule has 3 aromatic rings. The van der Waals surface area contributed by atoms with Gasteiger partial charge in [0.1, 0.15) is 6.73 Å². The van der Waals surface area contributed by atoms with Crippen LogP contribution in [0.2, 0.25) is 0 Å². The second-order valence-corrected chi connectivity index (χ2v) is 9.90. The van der Waals surface area contributed by atoms with Gasteiger partial charge in [0.25, 0.3) is 0 Å². The van der Waals surface area contributed by atoms with Crippen molar-refractivity contribution >= 4 is 17.5 Å². The van der Waals surface area contributed by atoms with E-state index in [1.54, 1.807) is 12.0 Å². The minimum atomic E-state index is -0.892. The van der Waals surface area contributed by atoms with E-state index < -0.39 is 11.5 Å². The first-order valence-corrected chi connectivity index (χ1v) is 13.0. The van der Waals surface area contributed by atoms with E-state index in [9.17, 15) is 9.59 Å². The van der Waals surface area contributed by atoms with Crippen LogP contribution in [-0.2, 0) is 37.5 Å². The number of anilines is 1. The molecule has 0 aromatic heterocycles. The predicted molar refractivity (Wildman–Crippen MR) is 143 cm³/mol. The Morgan fingerprint density at radius 1 is 0.973 bits per heavy atom. The summed E-state index contributed by atoms with van der Waals surface area (Å²) in [5.74, 6) is -0.101. The molecule has 6 heteroatoms. The Kier molecular flexibility index (Phi) is 7.68. The van der Waals surface area contributed by atoms with Crippen LogP contribution < -0.4 is 10.2 Å². The van der Waals surface area contributed by atoms with Crippen LogP contribution in [0, 0.1) is 0 Å². The van der Waals surface area contributed by atoms with Gasteiger partial charge in [-0.1, -0.05) is 78.9 Å². The lowest BCUT2D eigenvalue weighted by Crippen LogP contribution is -2.63. The van der Waals surface area contributed by atoms with Gasteiger partial charge in [0.05, 0.1) is 29.9 Å². The summed E-state index contributed by atoms with van der Waals surface area (Å²) >= 11 is 0. The number of nitrogens with one attached hydrogen (secondary N) is 1. The molecule has 3 aromatic carbocycles. The third-order valence-corrected chi connectivity index (χ3v) is 7.63. The molecule has 1 saturated carbocycles. The van der Waals surface area contributed by atoms with Crippen molar-refractivity contribution in [3.63, 3.8) is 0 Å². The molecule has 5 rings (SSSR count). The fraction of sp³-hybridized carbons (Fsp3) is 0.355. The van der Waals surface area contributed by atoms with E-state index >= 15 is 0 Å². The highest BCUT2D eigenvalue weighted by molar-refractivity contribution is 6.09. The van der Waals surface area contributed by atoms with Crippen molar-refractivity contribution in [2.75, 3.05) is 18.7 Å². The van der Waals surface area contributed by atoms with Crippen LogP contribution in [0.4, 0.5) is 5.69 Å². The number of rotatable bonds is 9. The average molecular weight is 499 g/mol. The van der Waals surface area contributed by atoms with Gasteiger partial charge in [-0.15, -0.1) is 0 Å². The van der Waals surface area contributed by atoms with Gasteiger partial charge in [-0.3, -0.25) is 14.5 Å². The maximum atomic E-state index is 14.2. The molecule has 0 unspecified atom stereocenters. The largest absolute Gasteiger partial charge is 0.371 e. The van der Waals surface area contributed by atoms with Crippen molar-refractivity contribution in [2.45, 2.75) is 56.3 Å². The van der Waals surface area contributed by atoms with E-state index in [4.69, 9.17) is 9.47 Å². The molecule has 192 valence electrons. The number of para-hydroxylation sites is 1. The fourth-order valence-corrected chi connectivity index (χ4v) is 5.89. The molecular formula is C31H34N2O4. The molecule has 2 aliphatic rings. The van der Waals surface area contributed by atoms with Crippen molar-refractivity contribution < 1.29 is 19.1 Å². The quantitative estimate of drug-likeness (QED) is 0.462. The Labute approximate surface area is 218 Å². The van der Waals surface area contributed by atoms with Gasteiger partial charge in [0, 0.05) is 13.5 Å². The number of methoxy groups -OCH3 is 1. The number of hydrogen-bond donors (Lipinski definition) is 1. The van der Waals surface area contributed by atoms with Crippen molar-refractivity contribution in [1.82, 2.24) is 5.32 Å². The van der Waals surface area contributed by atoms with Crippen molar-refractivity contribution in [3.8, 4) is 0 Å². The minimum Gasteiger partial charge on any atom is -0.371 e. The third-order valence-electron chi connectivity index (χ3n) is 7.63. The monoisotopic (exact) mass is 498 g/mol. The molecule has 37 heavy (non-hydrogen) atoms. The van der Waals surface area contributed by atoms with Gasteiger partial charge >= 0.3 is 0 Å². The van der Waals surface area contributed by atoms with Gasteiger partial charge < -0.3 is 14.8 Å². The van der Waals surface area contributed by atoms with Gasteiger partial charge in [-0.2, -0.15) is 0 Å². The molecule has 2 amide bonds. The first kappa shape index (κ1) is 25.2. The van der Waals surface area contributed by atoms with Crippen LogP contribution in [0.5, 0.6) is 0 Å². The third kappa shape index (κ3) is 5.04. The Balaban J connectivity index is 1.45. The van der Waals surface area contributed by atoms with Crippen molar-refractivity contribution in [3.05, 3.63) is 102 Å².